The van der Waals surface area contributed by atoms with E-state index in [1.54, 1.807) is 0 Å². The molecule has 3 heteroatoms. The molecule has 118 valence electrons. The second-order valence-electron chi connectivity index (χ2n) is 5.85. The molecule has 1 rings (SSSR count). The maximum absolute atomic E-state index is 12.3. The van der Waals surface area contributed by atoms with Crippen molar-refractivity contribution in [2.24, 2.45) is 5.92 Å². The molecule has 0 saturated heterocycles. The van der Waals surface area contributed by atoms with Crippen LogP contribution in [0.3, 0.4) is 0 Å². The third-order valence-corrected chi connectivity index (χ3v) is 3.90. The van der Waals surface area contributed by atoms with E-state index in [1.807, 2.05) is 19.2 Å². The predicted molar refractivity (Wildman–Crippen MR) is 90.6 cm³/mol. The highest BCUT2D eigenvalue weighted by molar-refractivity contribution is 5.92. The third-order valence-electron chi connectivity index (χ3n) is 3.90. The second kappa shape index (κ2) is 9.56. The van der Waals surface area contributed by atoms with Crippen LogP contribution in [0.5, 0.6) is 0 Å². The van der Waals surface area contributed by atoms with E-state index in [0.29, 0.717) is 6.04 Å². The minimum atomic E-state index is 0.143. The number of nitrogens with one attached hydrogen (secondary N) is 2. The summed E-state index contributed by atoms with van der Waals surface area (Å²) in [6, 6.07) is 8.66. The smallest absolute Gasteiger partial charge is 0.227 e. The van der Waals surface area contributed by atoms with E-state index in [1.165, 1.54) is 5.56 Å². The first-order chi connectivity index (χ1) is 10.1. The SMILES string of the molecule is CCCC(CCC)C(=O)Nc1ccc(CC(C)NC)cc1. The molecule has 21 heavy (non-hydrogen) atoms. The molecule has 1 amide bonds. The maximum Gasteiger partial charge on any atom is 0.227 e. The van der Waals surface area contributed by atoms with E-state index < -0.39 is 0 Å². The molecule has 0 aliphatic heterocycles. The van der Waals surface area contributed by atoms with Gasteiger partial charge in [-0.05, 0) is 50.9 Å². The summed E-state index contributed by atoms with van der Waals surface area (Å²) in [5, 5.41) is 6.29. The molecule has 0 spiro atoms. The number of hydrogen-bond acceptors (Lipinski definition) is 2. The van der Waals surface area contributed by atoms with Crippen LogP contribution in [0.25, 0.3) is 0 Å². The summed E-state index contributed by atoms with van der Waals surface area (Å²) < 4.78 is 0. The normalized spacial score (nSPS) is 12.4. The largest absolute Gasteiger partial charge is 0.326 e. The summed E-state index contributed by atoms with van der Waals surface area (Å²) in [5.74, 6) is 0.305. The monoisotopic (exact) mass is 290 g/mol. The van der Waals surface area contributed by atoms with E-state index in [2.05, 4.69) is 43.5 Å². The first kappa shape index (κ1) is 17.7. The van der Waals surface area contributed by atoms with Crippen LogP contribution in [0.15, 0.2) is 24.3 Å². The molecule has 0 fully saturated rings. The van der Waals surface area contributed by atoms with Gasteiger partial charge >= 0.3 is 0 Å². The Morgan fingerprint density at radius 1 is 1.10 bits per heavy atom. The minimum Gasteiger partial charge on any atom is -0.326 e. The minimum absolute atomic E-state index is 0.143. The van der Waals surface area contributed by atoms with Crippen molar-refractivity contribution in [3.05, 3.63) is 29.8 Å². The number of benzene rings is 1. The van der Waals surface area contributed by atoms with Crippen LogP contribution in [0.4, 0.5) is 5.69 Å². The Kier molecular flexibility index (Phi) is 8.06. The lowest BCUT2D eigenvalue weighted by Gasteiger charge is -2.16. The molecule has 0 aliphatic carbocycles. The van der Waals surface area contributed by atoms with Gasteiger partial charge in [0, 0.05) is 17.6 Å². The molecular weight excluding hydrogens is 260 g/mol. The van der Waals surface area contributed by atoms with Gasteiger partial charge in [-0.15, -0.1) is 0 Å². The molecule has 1 unspecified atom stereocenters. The quantitative estimate of drug-likeness (QED) is 0.722. The van der Waals surface area contributed by atoms with Gasteiger partial charge in [-0.3, -0.25) is 4.79 Å². The zero-order valence-electron chi connectivity index (χ0n) is 13.9. The lowest BCUT2D eigenvalue weighted by molar-refractivity contribution is -0.120. The van der Waals surface area contributed by atoms with Crippen LogP contribution in [0, 0.1) is 5.92 Å². The fraction of sp³-hybridized carbons (Fsp3) is 0.611. The Labute approximate surface area is 129 Å². The number of amides is 1. The summed E-state index contributed by atoms with van der Waals surface area (Å²) in [6.45, 7) is 6.43. The van der Waals surface area contributed by atoms with Gasteiger partial charge < -0.3 is 10.6 Å². The van der Waals surface area contributed by atoms with Gasteiger partial charge in [-0.25, -0.2) is 0 Å². The highest BCUT2D eigenvalue weighted by atomic mass is 16.1. The first-order valence-corrected chi connectivity index (χ1v) is 8.17. The van der Waals surface area contributed by atoms with Crippen molar-refractivity contribution in [2.75, 3.05) is 12.4 Å². The van der Waals surface area contributed by atoms with Crippen molar-refractivity contribution < 1.29 is 4.79 Å². The lowest BCUT2D eigenvalue weighted by atomic mass is 9.97. The number of anilines is 1. The standard InChI is InChI=1S/C18H30N2O/c1-5-7-16(8-6-2)18(21)20-17-11-9-15(10-12-17)13-14(3)19-4/h9-12,14,16,19H,5-8,13H2,1-4H3,(H,20,21). The van der Waals surface area contributed by atoms with E-state index in [9.17, 15) is 4.79 Å². The molecular formula is C18H30N2O. The fourth-order valence-electron chi connectivity index (χ4n) is 2.53. The molecule has 1 atom stereocenters. The predicted octanol–water partition coefficient (Wildman–Crippen LogP) is 3.99. The van der Waals surface area contributed by atoms with E-state index in [-0.39, 0.29) is 11.8 Å². The fourth-order valence-corrected chi connectivity index (χ4v) is 2.53. The number of carbonyl (C=O) groups is 1. The Morgan fingerprint density at radius 3 is 2.14 bits per heavy atom. The average molecular weight is 290 g/mol. The average Bonchev–Trinajstić information content (AvgIpc) is 2.48. The van der Waals surface area contributed by atoms with Crippen LogP contribution in [0.1, 0.15) is 52.0 Å². The highest BCUT2D eigenvalue weighted by Gasteiger charge is 2.16. The Bertz CT molecular complexity index is 408. The molecule has 0 heterocycles. The van der Waals surface area contributed by atoms with Crippen LogP contribution < -0.4 is 10.6 Å². The molecule has 0 bridgehead atoms. The third kappa shape index (κ3) is 6.30. The van der Waals surface area contributed by atoms with Gasteiger partial charge in [-0.1, -0.05) is 38.8 Å². The zero-order chi connectivity index (χ0) is 15.7. The molecule has 3 nitrogen and oxygen atoms in total. The van der Waals surface area contributed by atoms with Crippen LogP contribution in [-0.4, -0.2) is 19.0 Å². The van der Waals surface area contributed by atoms with Gasteiger partial charge in [0.25, 0.3) is 0 Å². The van der Waals surface area contributed by atoms with Gasteiger partial charge in [-0.2, -0.15) is 0 Å². The van der Waals surface area contributed by atoms with Crippen molar-refractivity contribution in [2.45, 2.75) is 58.9 Å². The van der Waals surface area contributed by atoms with Crippen molar-refractivity contribution >= 4 is 11.6 Å². The van der Waals surface area contributed by atoms with Crippen molar-refractivity contribution in [1.82, 2.24) is 5.32 Å². The molecule has 0 aromatic heterocycles. The van der Waals surface area contributed by atoms with Crippen LogP contribution in [-0.2, 0) is 11.2 Å². The van der Waals surface area contributed by atoms with E-state index in [4.69, 9.17) is 0 Å². The number of carbonyl (C=O) groups excluding carboxylic acids is 1. The van der Waals surface area contributed by atoms with Crippen molar-refractivity contribution in [3.63, 3.8) is 0 Å². The summed E-state index contributed by atoms with van der Waals surface area (Å²) in [5.41, 5.74) is 2.19. The Balaban J connectivity index is 2.59. The first-order valence-electron chi connectivity index (χ1n) is 8.17. The molecule has 2 N–H and O–H groups in total. The molecule has 0 saturated carbocycles. The highest BCUT2D eigenvalue weighted by Crippen LogP contribution is 2.17. The van der Waals surface area contributed by atoms with Gasteiger partial charge in [0.05, 0.1) is 0 Å². The van der Waals surface area contributed by atoms with Crippen molar-refractivity contribution in [3.8, 4) is 0 Å². The summed E-state index contributed by atoms with van der Waals surface area (Å²) in [6.07, 6.45) is 5.05. The van der Waals surface area contributed by atoms with Crippen LogP contribution >= 0.6 is 0 Å². The van der Waals surface area contributed by atoms with Gasteiger partial charge in [0.2, 0.25) is 5.91 Å². The Hall–Kier alpha value is -1.35. The summed E-state index contributed by atoms with van der Waals surface area (Å²) >= 11 is 0. The molecule has 1 aromatic rings. The molecule has 1 aromatic carbocycles. The summed E-state index contributed by atoms with van der Waals surface area (Å²) in [7, 11) is 1.97. The zero-order valence-corrected chi connectivity index (χ0v) is 13.9. The number of rotatable bonds is 9. The van der Waals surface area contributed by atoms with E-state index in [0.717, 1.165) is 37.8 Å². The Morgan fingerprint density at radius 2 is 1.67 bits per heavy atom. The van der Waals surface area contributed by atoms with Gasteiger partial charge in [0.1, 0.15) is 0 Å². The second-order valence-corrected chi connectivity index (χ2v) is 5.85. The molecule has 0 aliphatic rings. The lowest BCUT2D eigenvalue weighted by Crippen LogP contribution is -2.24. The number of hydrogen-bond donors (Lipinski definition) is 2. The maximum atomic E-state index is 12.3. The van der Waals surface area contributed by atoms with E-state index >= 15 is 0 Å². The summed E-state index contributed by atoms with van der Waals surface area (Å²) in [4.78, 5) is 12.3. The van der Waals surface area contributed by atoms with Crippen LogP contribution in [0.2, 0.25) is 0 Å². The number of likely N-dealkylation sites (N-methyl/N-ethyl adjacent to an activating group) is 1. The van der Waals surface area contributed by atoms with Crippen molar-refractivity contribution in [1.29, 1.82) is 0 Å². The van der Waals surface area contributed by atoms with Gasteiger partial charge in [0.15, 0.2) is 0 Å². The molecule has 0 radical (unpaired) electrons. The topological polar surface area (TPSA) is 41.1 Å².